The first kappa shape index (κ1) is 18.4. The van der Waals surface area contributed by atoms with Crippen molar-refractivity contribution in [2.45, 2.75) is 58.5 Å². The Hall–Kier alpha value is -1.91. The molecule has 2 N–H and O–H groups in total. The van der Waals surface area contributed by atoms with Gasteiger partial charge in [0.15, 0.2) is 0 Å². The van der Waals surface area contributed by atoms with Crippen molar-refractivity contribution in [2.24, 2.45) is 11.8 Å². The minimum atomic E-state index is -0.298. The highest BCUT2D eigenvalue weighted by molar-refractivity contribution is 5.83. The summed E-state index contributed by atoms with van der Waals surface area (Å²) >= 11 is 0. The molecule has 0 bridgehead atoms. The molecule has 1 fully saturated rings. The molecule has 2 amide bonds. The first-order valence-electron chi connectivity index (χ1n) is 8.76. The van der Waals surface area contributed by atoms with Crippen LogP contribution >= 0.6 is 0 Å². The Labute approximate surface area is 143 Å². The molecule has 4 nitrogen and oxygen atoms in total. The molecule has 1 aliphatic carbocycles. The number of amides is 2. The van der Waals surface area contributed by atoms with Gasteiger partial charge in [0.25, 0.3) is 0 Å². The average Bonchev–Trinajstić information content (AvgIpc) is 2.56. The molecule has 0 aromatic heterocycles. The number of benzene rings is 1. The molecule has 1 aromatic carbocycles. The maximum absolute atomic E-state index is 12.8. The van der Waals surface area contributed by atoms with Crippen LogP contribution in [0.1, 0.15) is 51.5 Å². The Morgan fingerprint density at radius 3 is 2.46 bits per heavy atom. The first-order chi connectivity index (χ1) is 11.5. The molecule has 0 heterocycles. The van der Waals surface area contributed by atoms with E-state index in [1.54, 1.807) is 12.1 Å². The van der Waals surface area contributed by atoms with Gasteiger partial charge in [-0.25, -0.2) is 4.39 Å². The fourth-order valence-electron chi connectivity index (χ4n) is 3.18. The zero-order valence-electron chi connectivity index (χ0n) is 14.5. The van der Waals surface area contributed by atoms with Gasteiger partial charge in [-0.15, -0.1) is 0 Å². The average molecular weight is 334 g/mol. The summed E-state index contributed by atoms with van der Waals surface area (Å²) in [5.41, 5.74) is 0.833. The van der Waals surface area contributed by atoms with Gasteiger partial charge in [-0.05, 0) is 36.0 Å². The van der Waals surface area contributed by atoms with Crippen molar-refractivity contribution in [1.29, 1.82) is 0 Å². The molecule has 3 unspecified atom stereocenters. The van der Waals surface area contributed by atoms with E-state index in [9.17, 15) is 14.0 Å². The Kier molecular flexibility index (Phi) is 6.76. The molecule has 1 aromatic rings. The SMILES string of the molecule is CC1CCCC(NC(=O)CCC(=O)NCc2ccc(F)cc2)C1C. The Bertz CT molecular complexity index is 559. The number of carbonyl (C=O) groups is 2. The van der Waals surface area contributed by atoms with E-state index in [0.717, 1.165) is 18.4 Å². The normalized spacial score (nSPS) is 23.5. The van der Waals surface area contributed by atoms with Crippen molar-refractivity contribution < 1.29 is 14.0 Å². The fraction of sp³-hybridized carbons (Fsp3) is 0.579. The molecular weight excluding hydrogens is 307 g/mol. The van der Waals surface area contributed by atoms with E-state index >= 15 is 0 Å². The largest absolute Gasteiger partial charge is 0.353 e. The zero-order chi connectivity index (χ0) is 17.5. The molecule has 132 valence electrons. The highest BCUT2D eigenvalue weighted by atomic mass is 19.1. The van der Waals surface area contributed by atoms with E-state index < -0.39 is 0 Å². The third kappa shape index (κ3) is 5.62. The minimum Gasteiger partial charge on any atom is -0.353 e. The second-order valence-corrected chi connectivity index (χ2v) is 6.84. The summed E-state index contributed by atoms with van der Waals surface area (Å²) in [6.45, 7) is 4.76. The van der Waals surface area contributed by atoms with Crippen LogP contribution < -0.4 is 10.6 Å². The monoisotopic (exact) mass is 334 g/mol. The van der Waals surface area contributed by atoms with Gasteiger partial charge in [-0.1, -0.05) is 38.8 Å². The molecule has 24 heavy (non-hydrogen) atoms. The summed E-state index contributed by atoms with van der Waals surface area (Å²) in [7, 11) is 0. The van der Waals surface area contributed by atoms with E-state index in [2.05, 4.69) is 24.5 Å². The van der Waals surface area contributed by atoms with E-state index in [0.29, 0.717) is 18.4 Å². The van der Waals surface area contributed by atoms with Crippen LogP contribution in [-0.2, 0) is 16.1 Å². The summed E-state index contributed by atoms with van der Waals surface area (Å²) in [5.74, 6) is 0.587. The topological polar surface area (TPSA) is 58.2 Å². The smallest absolute Gasteiger partial charge is 0.220 e. The summed E-state index contributed by atoms with van der Waals surface area (Å²) in [5, 5.41) is 5.83. The van der Waals surface area contributed by atoms with E-state index in [-0.39, 0.29) is 36.5 Å². The van der Waals surface area contributed by atoms with Gasteiger partial charge in [-0.3, -0.25) is 9.59 Å². The number of nitrogens with one attached hydrogen (secondary N) is 2. The van der Waals surface area contributed by atoms with Crippen molar-refractivity contribution in [3.63, 3.8) is 0 Å². The molecule has 0 saturated heterocycles. The van der Waals surface area contributed by atoms with Gasteiger partial charge in [0.05, 0.1) is 0 Å². The Morgan fingerprint density at radius 2 is 1.75 bits per heavy atom. The third-order valence-electron chi connectivity index (χ3n) is 5.04. The number of carbonyl (C=O) groups excluding carboxylic acids is 2. The molecule has 5 heteroatoms. The quantitative estimate of drug-likeness (QED) is 0.839. The predicted molar refractivity (Wildman–Crippen MR) is 91.6 cm³/mol. The van der Waals surface area contributed by atoms with Gasteiger partial charge >= 0.3 is 0 Å². The van der Waals surface area contributed by atoms with Crippen molar-refractivity contribution in [3.8, 4) is 0 Å². The third-order valence-corrected chi connectivity index (χ3v) is 5.04. The zero-order valence-corrected chi connectivity index (χ0v) is 14.5. The van der Waals surface area contributed by atoms with Crippen LogP contribution in [-0.4, -0.2) is 17.9 Å². The van der Waals surface area contributed by atoms with E-state index in [4.69, 9.17) is 0 Å². The lowest BCUT2D eigenvalue weighted by Crippen LogP contribution is -2.43. The first-order valence-corrected chi connectivity index (χ1v) is 8.76. The van der Waals surface area contributed by atoms with Crippen LogP contribution in [0.4, 0.5) is 4.39 Å². The fourth-order valence-corrected chi connectivity index (χ4v) is 3.18. The molecular formula is C19H27FN2O2. The highest BCUT2D eigenvalue weighted by Gasteiger charge is 2.28. The maximum Gasteiger partial charge on any atom is 0.220 e. The molecule has 1 aliphatic rings. The second kappa shape index (κ2) is 8.81. The highest BCUT2D eigenvalue weighted by Crippen LogP contribution is 2.29. The lowest BCUT2D eigenvalue weighted by Gasteiger charge is -2.34. The lowest BCUT2D eigenvalue weighted by molar-refractivity contribution is -0.127. The van der Waals surface area contributed by atoms with Gasteiger partial charge in [-0.2, -0.15) is 0 Å². The Balaban J connectivity index is 1.67. The lowest BCUT2D eigenvalue weighted by atomic mass is 9.78. The maximum atomic E-state index is 12.8. The van der Waals surface area contributed by atoms with E-state index in [1.165, 1.54) is 18.6 Å². The van der Waals surface area contributed by atoms with Gasteiger partial charge in [0.2, 0.25) is 11.8 Å². The molecule has 0 radical (unpaired) electrons. The van der Waals surface area contributed by atoms with Crippen LogP contribution in [0.5, 0.6) is 0 Å². The summed E-state index contributed by atoms with van der Waals surface area (Å²) in [4.78, 5) is 23.9. The van der Waals surface area contributed by atoms with Crippen LogP contribution in [0.2, 0.25) is 0 Å². The van der Waals surface area contributed by atoms with Gasteiger partial charge < -0.3 is 10.6 Å². The van der Waals surface area contributed by atoms with Crippen molar-refractivity contribution in [3.05, 3.63) is 35.6 Å². The van der Waals surface area contributed by atoms with E-state index in [1.807, 2.05) is 0 Å². The number of hydrogen-bond acceptors (Lipinski definition) is 2. The Morgan fingerprint density at radius 1 is 1.08 bits per heavy atom. The van der Waals surface area contributed by atoms with Crippen LogP contribution in [0.25, 0.3) is 0 Å². The summed E-state index contributed by atoms with van der Waals surface area (Å²) < 4.78 is 12.8. The van der Waals surface area contributed by atoms with Crippen LogP contribution in [0, 0.1) is 17.7 Å². The van der Waals surface area contributed by atoms with Crippen molar-refractivity contribution in [1.82, 2.24) is 10.6 Å². The molecule has 0 aliphatic heterocycles. The van der Waals surface area contributed by atoms with Gasteiger partial charge in [0, 0.05) is 25.4 Å². The minimum absolute atomic E-state index is 0.0575. The van der Waals surface area contributed by atoms with Crippen LogP contribution in [0.15, 0.2) is 24.3 Å². The number of rotatable bonds is 6. The van der Waals surface area contributed by atoms with Crippen molar-refractivity contribution >= 4 is 11.8 Å². The molecule has 2 rings (SSSR count). The standard InChI is InChI=1S/C19H27FN2O2/c1-13-4-3-5-17(14(13)2)22-19(24)11-10-18(23)21-12-15-6-8-16(20)9-7-15/h6-9,13-14,17H,3-5,10-12H2,1-2H3,(H,21,23)(H,22,24). The number of halogens is 1. The van der Waals surface area contributed by atoms with Crippen molar-refractivity contribution in [2.75, 3.05) is 0 Å². The second-order valence-electron chi connectivity index (χ2n) is 6.84. The molecule has 0 spiro atoms. The van der Waals surface area contributed by atoms with Gasteiger partial charge in [0.1, 0.15) is 5.82 Å². The summed E-state index contributed by atoms with van der Waals surface area (Å²) in [6.07, 6.45) is 3.76. The summed E-state index contributed by atoms with van der Waals surface area (Å²) in [6, 6.07) is 6.22. The number of hydrogen-bond donors (Lipinski definition) is 2. The van der Waals surface area contributed by atoms with Crippen LogP contribution in [0.3, 0.4) is 0 Å². The predicted octanol–water partition coefficient (Wildman–Crippen LogP) is 3.16. The molecule has 3 atom stereocenters. The molecule has 1 saturated carbocycles.